The van der Waals surface area contributed by atoms with Crippen molar-refractivity contribution < 1.29 is 4.79 Å². The number of halogens is 2. The molecule has 6 nitrogen and oxygen atoms in total. The molecule has 0 aliphatic heterocycles. The van der Waals surface area contributed by atoms with Crippen molar-refractivity contribution in [3.63, 3.8) is 0 Å². The number of hydrogen-bond acceptors (Lipinski definition) is 4. The van der Waals surface area contributed by atoms with E-state index in [9.17, 15) is 4.79 Å². The highest BCUT2D eigenvalue weighted by Crippen LogP contribution is 2.28. The van der Waals surface area contributed by atoms with Gasteiger partial charge in [-0.25, -0.2) is 4.98 Å². The average molecular weight is 524 g/mol. The van der Waals surface area contributed by atoms with Crippen LogP contribution in [0.5, 0.6) is 0 Å². The van der Waals surface area contributed by atoms with Crippen molar-refractivity contribution >= 4 is 65.6 Å². The number of benzene rings is 3. The van der Waals surface area contributed by atoms with Gasteiger partial charge in [-0.05, 0) is 53.0 Å². The van der Waals surface area contributed by atoms with Crippen molar-refractivity contribution in [2.45, 2.75) is 6.54 Å². The van der Waals surface area contributed by atoms with Crippen LogP contribution in [-0.2, 0) is 11.3 Å². The number of carbonyl (C=O) groups excluding carboxylic acids is 1. The largest absolute Gasteiger partial charge is 0.366 e. The van der Waals surface area contributed by atoms with Crippen LogP contribution in [0.15, 0.2) is 91.1 Å². The van der Waals surface area contributed by atoms with Crippen LogP contribution in [-0.4, -0.2) is 28.4 Å². The summed E-state index contributed by atoms with van der Waals surface area (Å²) < 4.78 is 1.65. The second-order valence-corrected chi connectivity index (χ2v) is 9.12. The van der Waals surface area contributed by atoms with Gasteiger partial charge in [0, 0.05) is 46.2 Å². The van der Waals surface area contributed by atoms with Crippen molar-refractivity contribution in [3.8, 4) is 11.3 Å². The van der Waals surface area contributed by atoms with Crippen molar-refractivity contribution in [3.05, 3.63) is 112 Å². The Morgan fingerprint density at radius 1 is 1.00 bits per heavy atom. The Kier molecular flexibility index (Phi) is 7.26. The van der Waals surface area contributed by atoms with E-state index in [2.05, 4.69) is 20.7 Å². The van der Waals surface area contributed by atoms with E-state index in [1.54, 1.807) is 28.9 Å². The third kappa shape index (κ3) is 5.85. The molecule has 3 aromatic carbocycles. The molecule has 9 heteroatoms. The Morgan fingerprint density at radius 3 is 2.68 bits per heavy atom. The second-order valence-electron chi connectivity index (χ2n) is 8.27. The predicted molar refractivity (Wildman–Crippen MR) is 152 cm³/mol. The van der Waals surface area contributed by atoms with Crippen molar-refractivity contribution in [2.75, 3.05) is 10.6 Å². The molecule has 2 radical (unpaired) electrons. The molecule has 0 saturated carbocycles. The first-order chi connectivity index (χ1) is 18.0. The van der Waals surface area contributed by atoms with E-state index in [-0.39, 0.29) is 5.91 Å². The predicted octanol–water partition coefficient (Wildman–Crippen LogP) is 5.76. The average Bonchev–Trinajstić information content (AvgIpc) is 3.27. The van der Waals surface area contributed by atoms with Crippen LogP contribution in [0.2, 0.25) is 10.0 Å². The quantitative estimate of drug-likeness (QED) is 0.210. The standard InChI is InChI=1S/C28H20BCl2N5O/c29-23-17-33-36-26(15-25(35-28(23)36)22-9-1-2-10-24(22)31)32-16-19-6-4-8-21(14-19)34-27(37)12-11-18-5-3-7-20(30)13-18/h1-15,17,32H,16H2,(H,34,37)/b12-11+. The number of hydrogen-bond donors (Lipinski definition) is 2. The minimum Gasteiger partial charge on any atom is -0.366 e. The highest BCUT2D eigenvalue weighted by atomic mass is 35.5. The number of aromatic nitrogens is 3. The van der Waals surface area contributed by atoms with Crippen molar-refractivity contribution in [1.29, 1.82) is 0 Å². The van der Waals surface area contributed by atoms with E-state index in [4.69, 9.17) is 31.0 Å². The maximum Gasteiger partial charge on any atom is 0.248 e. The third-order valence-electron chi connectivity index (χ3n) is 5.59. The molecule has 37 heavy (non-hydrogen) atoms. The zero-order valence-corrected chi connectivity index (χ0v) is 21.0. The van der Waals surface area contributed by atoms with Gasteiger partial charge in [-0.1, -0.05) is 65.7 Å². The van der Waals surface area contributed by atoms with Gasteiger partial charge < -0.3 is 10.6 Å². The normalized spacial score (nSPS) is 11.2. The summed E-state index contributed by atoms with van der Waals surface area (Å²) in [4.78, 5) is 17.1. The summed E-state index contributed by atoms with van der Waals surface area (Å²) in [5, 5.41) is 11.9. The highest BCUT2D eigenvalue weighted by Gasteiger charge is 2.12. The Bertz CT molecular complexity index is 1630. The summed E-state index contributed by atoms with van der Waals surface area (Å²) in [5.74, 6) is 0.466. The van der Waals surface area contributed by atoms with E-state index in [1.807, 2.05) is 66.7 Å². The molecule has 0 atom stereocenters. The lowest BCUT2D eigenvalue weighted by atomic mass is 10.0. The molecule has 180 valence electrons. The summed E-state index contributed by atoms with van der Waals surface area (Å²) in [6.07, 6.45) is 4.76. The van der Waals surface area contributed by atoms with Crippen LogP contribution in [0.25, 0.3) is 23.0 Å². The fraction of sp³-hybridized carbons (Fsp3) is 0.0357. The topological polar surface area (TPSA) is 71.3 Å². The minimum absolute atomic E-state index is 0.239. The number of fused-ring (bicyclic) bond motifs is 1. The van der Waals surface area contributed by atoms with Gasteiger partial charge >= 0.3 is 0 Å². The third-order valence-corrected chi connectivity index (χ3v) is 6.16. The molecule has 0 aliphatic carbocycles. The van der Waals surface area contributed by atoms with Crippen LogP contribution < -0.4 is 16.1 Å². The number of anilines is 2. The summed E-state index contributed by atoms with van der Waals surface area (Å²) >= 11 is 12.4. The molecule has 1 amide bonds. The van der Waals surface area contributed by atoms with Gasteiger partial charge in [0.1, 0.15) is 13.7 Å². The first-order valence-electron chi connectivity index (χ1n) is 11.4. The van der Waals surface area contributed by atoms with Gasteiger partial charge in [0.2, 0.25) is 5.91 Å². The zero-order chi connectivity index (χ0) is 25.8. The van der Waals surface area contributed by atoms with E-state index >= 15 is 0 Å². The molecule has 0 aliphatic rings. The Morgan fingerprint density at radius 2 is 1.84 bits per heavy atom. The van der Waals surface area contributed by atoms with Crippen molar-refractivity contribution in [1.82, 2.24) is 14.6 Å². The van der Waals surface area contributed by atoms with Crippen LogP contribution in [0.4, 0.5) is 11.5 Å². The molecule has 2 aromatic heterocycles. The SMILES string of the molecule is [B]c1cnn2c(NCc3cccc(NC(=O)/C=C/c4cccc(Cl)c4)c3)cc(-c3ccccc3Cl)nc12. The lowest BCUT2D eigenvalue weighted by Crippen LogP contribution is -2.10. The van der Waals surface area contributed by atoms with E-state index in [0.29, 0.717) is 44.9 Å². The molecule has 0 bridgehead atoms. The van der Waals surface area contributed by atoms with Crippen LogP contribution >= 0.6 is 23.2 Å². The number of nitrogens with zero attached hydrogens (tertiary/aromatic N) is 3. The van der Waals surface area contributed by atoms with E-state index in [0.717, 1.165) is 16.7 Å². The molecule has 2 N–H and O–H groups in total. The van der Waals surface area contributed by atoms with Gasteiger partial charge in [-0.2, -0.15) is 9.61 Å². The molecule has 2 heterocycles. The Labute approximate surface area is 225 Å². The van der Waals surface area contributed by atoms with Gasteiger partial charge in [0.25, 0.3) is 0 Å². The first-order valence-corrected chi connectivity index (χ1v) is 12.2. The maximum absolute atomic E-state index is 12.4. The lowest BCUT2D eigenvalue weighted by molar-refractivity contribution is -0.111. The summed E-state index contributed by atoms with van der Waals surface area (Å²) in [5.41, 5.74) is 4.96. The molecular weight excluding hydrogens is 504 g/mol. The van der Waals surface area contributed by atoms with Gasteiger partial charge in [0.05, 0.1) is 5.69 Å². The zero-order valence-electron chi connectivity index (χ0n) is 19.5. The van der Waals surface area contributed by atoms with E-state index in [1.165, 1.54) is 6.08 Å². The number of nitrogens with one attached hydrogen (secondary N) is 2. The maximum atomic E-state index is 12.4. The molecule has 5 rings (SSSR count). The van der Waals surface area contributed by atoms with Gasteiger partial charge in [-0.3, -0.25) is 4.79 Å². The van der Waals surface area contributed by atoms with Crippen LogP contribution in [0, 0.1) is 0 Å². The summed E-state index contributed by atoms with van der Waals surface area (Å²) in [6.45, 7) is 0.475. The van der Waals surface area contributed by atoms with Crippen molar-refractivity contribution in [2.24, 2.45) is 0 Å². The Hall–Kier alpha value is -4.07. The molecular formula is C28H20BCl2N5O. The first kappa shape index (κ1) is 24.6. The molecule has 0 unspecified atom stereocenters. The lowest BCUT2D eigenvalue weighted by Gasteiger charge is -2.12. The molecule has 0 spiro atoms. The summed E-state index contributed by atoms with van der Waals surface area (Å²) in [6, 6.07) is 24.3. The smallest absolute Gasteiger partial charge is 0.248 e. The minimum atomic E-state index is -0.239. The fourth-order valence-electron chi connectivity index (χ4n) is 3.83. The van der Waals surface area contributed by atoms with Crippen LogP contribution in [0.3, 0.4) is 0 Å². The van der Waals surface area contributed by atoms with Crippen LogP contribution in [0.1, 0.15) is 11.1 Å². The molecule has 0 fully saturated rings. The van der Waals surface area contributed by atoms with E-state index < -0.39 is 0 Å². The monoisotopic (exact) mass is 523 g/mol. The number of rotatable bonds is 7. The number of carbonyl (C=O) groups is 1. The fourth-order valence-corrected chi connectivity index (χ4v) is 4.26. The highest BCUT2D eigenvalue weighted by molar-refractivity contribution is 6.36. The second kappa shape index (κ2) is 10.9. The van der Waals surface area contributed by atoms with Gasteiger partial charge in [-0.15, -0.1) is 0 Å². The van der Waals surface area contributed by atoms with Gasteiger partial charge in [0.15, 0.2) is 5.65 Å². The molecule has 5 aromatic rings. The Balaban J connectivity index is 1.33. The molecule has 0 saturated heterocycles. The summed E-state index contributed by atoms with van der Waals surface area (Å²) in [7, 11) is 6.11. The number of amides is 1.